The van der Waals surface area contributed by atoms with Crippen LogP contribution in [0.25, 0.3) is 0 Å². The standard InChI is InChI=1S/C9H9BrF2N2O2/c10-2-4-5(13)3-14-6(1-7(15)16)8(4)9(11)12/h3,9H,1-2,13H2,(H,15,16). The summed E-state index contributed by atoms with van der Waals surface area (Å²) in [6.07, 6.45) is -2.14. The zero-order chi connectivity index (χ0) is 12.3. The van der Waals surface area contributed by atoms with E-state index in [0.717, 1.165) is 0 Å². The smallest absolute Gasteiger partial charge is 0.309 e. The van der Waals surface area contributed by atoms with Gasteiger partial charge in [0.05, 0.1) is 24.0 Å². The molecule has 1 aromatic rings. The molecule has 0 spiro atoms. The largest absolute Gasteiger partial charge is 0.481 e. The first-order valence-corrected chi connectivity index (χ1v) is 5.41. The Balaban J connectivity index is 3.32. The first kappa shape index (κ1) is 12.8. The zero-order valence-corrected chi connectivity index (χ0v) is 9.67. The summed E-state index contributed by atoms with van der Waals surface area (Å²) in [5.74, 6) is -1.21. The van der Waals surface area contributed by atoms with E-state index >= 15 is 0 Å². The molecular weight excluding hydrogens is 286 g/mol. The zero-order valence-electron chi connectivity index (χ0n) is 8.08. The van der Waals surface area contributed by atoms with Gasteiger partial charge in [-0.3, -0.25) is 9.78 Å². The number of aromatic nitrogens is 1. The number of rotatable bonds is 4. The number of pyridine rings is 1. The third kappa shape index (κ3) is 2.66. The van der Waals surface area contributed by atoms with E-state index in [1.54, 1.807) is 0 Å². The molecule has 1 heterocycles. The minimum atomic E-state index is -2.79. The molecule has 0 amide bonds. The Hall–Kier alpha value is -1.24. The summed E-state index contributed by atoms with van der Waals surface area (Å²) in [7, 11) is 0. The molecule has 0 aliphatic rings. The van der Waals surface area contributed by atoms with Gasteiger partial charge in [-0.1, -0.05) is 15.9 Å². The molecule has 88 valence electrons. The lowest BCUT2D eigenvalue weighted by Gasteiger charge is -2.12. The highest BCUT2D eigenvalue weighted by Gasteiger charge is 2.22. The molecule has 0 atom stereocenters. The number of nitrogen functional groups attached to an aromatic ring is 1. The van der Waals surface area contributed by atoms with Gasteiger partial charge >= 0.3 is 5.97 Å². The Labute approximate surface area is 98.6 Å². The van der Waals surface area contributed by atoms with Gasteiger partial charge in [0, 0.05) is 10.9 Å². The average Bonchev–Trinajstić information content (AvgIpc) is 2.18. The third-order valence-electron chi connectivity index (χ3n) is 2.01. The topological polar surface area (TPSA) is 76.2 Å². The monoisotopic (exact) mass is 294 g/mol. The van der Waals surface area contributed by atoms with Gasteiger partial charge < -0.3 is 10.8 Å². The van der Waals surface area contributed by atoms with E-state index in [4.69, 9.17) is 10.8 Å². The van der Waals surface area contributed by atoms with E-state index in [9.17, 15) is 13.6 Å². The highest BCUT2D eigenvalue weighted by atomic mass is 79.9. The molecule has 0 aliphatic carbocycles. The highest BCUT2D eigenvalue weighted by Crippen LogP contribution is 2.30. The van der Waals surface area contributed by atoms with E-state index in [1.165, 1.54) is 6.20 Å². The van der Waals surface area contributed by atoms with Gasteiger partial charge in [-0.2, -0.15) is 0 Å². The Morgan fingerprint density at radius 3 is 2.69 bits per heavy atom. The SMILES string of the molecule is Nc1cnc(CC(=O)O)c(C(F)F)c1CBr. The Kier molecular flexibility index (Phi) is 4.17. The Bertz CT molecular complexity index is 413. The van der Waals surface area contributed by atoms with Crippen molar-refractivity contribution < 1.29 is 18.7 Å². The van der Waals surface area contributed by atoms with E-state index in [2.05, 4.69) is 20.9 Å². The minimum Gasteiger partial charge on any atom is -0.481 e. The van der Waals surface area contributed by atoms with Gasteiger partial charge in [0.1, 0.15) is 0 Å². The maximum atomic E-state index is 12.8. The average molecular weight is 295 g/mol. The molecule has 0 bridgehead atoms. The maximum Gasteiger partial charge on any atom is 0.309 e. The molecule has 0 unspecified atom stereocenters. The quantitative estimate of drug-likeness (QED) is 0.834. The Morgan fingerprint density at radius 2 is 2.25 bits per heavy atom. The molecule has 0 aliphatic heterocycles. The fourth-order valence-electron chi connectivity index (χ4n) is 1.32. The van der Waals surface area contributed by atoms with Crippen LogP contribution in [0.4, 0.5) is 14.5 Å². The molecule has 0 aromatic carbocycles. The number of halogens is 3. The van der Waals surface area contributed by atoms with Crippen molar-refractivity contribution in [3.63, 3.8) is 0 Å². The molecular formula is C9H9BrF2N2O2. The number of aliphatic carboxylic acids is 1. The molecule has 0 radical (unpaired) electrons. The van der Waals surface area contributed by atoms with Gasteiger partial charge in [-0.15, -0.1) is 0 Å². The predicted molar refractivity (Wildman–Crippen MR) is 57.6 cm³/mol. The molecule has 7 heteroatoms. The van der Waals surface area contributed by atoms with E-state index in [-0.39, 0.29) is 27.8 Å². The molecule has 4 nitrogen and oxygen atoms in total. The normalized spacial score (nSPS) is 10.8. The van der Waals surface area contributed by atoms with Crippen molar-refractivity contribution in [3.8, 4) is 0 Å². The van der Waals surface area contributed by atoms with Crippen LogP contribution in [0.2, 0.25) is 0 Å². The van der Waals surface area contributed by atoms with Crippen molar-refractivity contribution in [2.24, 2.45) is 0 Å². The maximum absolute atomic E-state index is 12.8. The molecule has 16 heavy (non-hydrogen) atoms. The van der Waals surface area contributed by atoms with Crippen LogP contribution in [-0.2, 0) is 16.5 Å². The molecule has 1 aromatic heterocycles. The highest BCUT2D eigenvalue weighted by molar-refractivity contribution is 9.08. The fourth-order valence-corrected chi connectivity index (χ4v) is 1.94. The lowest BCUT2D eigenvalue weighted by atomic mass is 10.0. The van der Waals surface area contributed by atoms with Gasteiger partial charge in [0.15, 0.2) is 0 Å². The summed E-state index contributed by atoms with van der Waals surface area (Å²) < 4.78 is 25.6. The Morgan fingerprint density at radius 1 is 1.62 bits per heavy atom. The number of hydrogen-bond acceptors (Lipinski definition) is 3. The second-order valence-corrected chi connectivity index (χ2v) is 3.62. The number of hydrogen-bond donors (Lipinski definition) is 2. The number of carbonyl (C=O) groups is 1. The van der Waals surface area contributed by atoms with Gasteiger partial charge in [-0.25, -0.2) is 8.78 Å². The van der Waals surface area contributed by atoms with Crippen molar-refractivity contribution in [1.29, 1.82) is 0 Å². The van der Waals surface area contributed by atoms with Crippen molar-refractivity contribution in [2.75, 3.05) is 5.73 Å². The van der Waals surface area contributed by atoms with Gasteiger partial charge in [0.2, 0.25) is 0 Å². The number of alkyl halides is 3. The number of anilines is 1. The number of nitrogens with zero attached hydrogens (tertiary/aromatic N) is 1. The van der Waals surface area contributed by atoms with Crippen molar-refractivity contribution >= 4 is 27.6 Å². The second-order valence-electron chi connectivity index (χ2n) is 3.06. The molecule has 3 N–H and O–H groups in total. The lowest BCUT2D eigenvalue weighted by Crippen LogP contribution is -2.10. The fraction of sp³-hybridized carbons (Fsp3) is 0.333. The van der Waals surface area contributed by atoms with Crippen molar-refractivity contribution in [1.82, 2.24) is 4.98 Å². The molecule has 0 saturated heterocycles. The van der Waals surface area contributed by atoms with Crippen LogP contribution < -0.4 is 5.73 Å². The third-order valence-corrected chi connectivity index (χ3v) is 2.58. The van der Waals surface area contributed by atoms with Gasteiger partial charge in [0.25, 0.3) is 6.43 Å². The lowest BCUT2D eigenvalue weighted by molar-refractivity contribution is -0.136. The predicted octanol–water partition coefficient (Wildman–Crippen LogP) is 2.12. The first-order chi connectivity index (χ1) is 7.47. The van der Waals surface area contributed by atoms with Crippen LogP contribution in [0.3, 0.4) is 0 Å². The molecule has 1 rings (SSSR count). The number of carboxylic acids is 1. The van der Waals surface area contributed by atoms with Crippen LogP contribution in [0.5, 0.6) is 0 Å². The number of nitrogens with two attached hydrogens (primary N) is 1. The van der Waals surface area contributed by atoms with Crippen LogP contribution in [-0.4, -0.2) is 16.1 Å². The summed E-state index contributed by atoms with van der Waals surface area (Å²) in [4.78, 5) is 14.1. The van der Waals surface area contributed by atoms with E-state index in [0.29, 0.717) is 0 Å². The van der Waals surface area contributed by atoms with Crippen LogP contribution in [0.15, 0.2) is 6.20 Å². The van der Waals surface area contributed by atoms with E-state index in [1.807, 2.05) is 0 Å². The van der Waals surface area contributed by atoms with Gasteiger partial charge in [-0.05, 0) is 5.56 Å². The van der Waals surface area contributed by atoms with Crippen molar-refractivity contribution in [3.05, 3.63) is 23.0 Å². The summed E-state index contributed by atoms with van der Waals surface area (Å²) >= 11 is 3.04. The second kappa shape index (κ2) is 5.20. The summed E-state index contributed by atoms with van der Waals surface area (Å²) in [6, 6.07) is 0. The van der Waals surface area contributed by atoms with Crippen LogP contribution >= 0.6 is 15.9 Å². The molecule has 0 saturated carbocycles. The van der Waals surface area contributed by atoms with Crippen molar-refractivity contribution in [2.45, 2.75) is 18.2 Å². The summed E-state index contributed by atoms with van der Waals surface area (Å²) in [6.45, 7) is 0. The van der Waals surface area contributed by atoms with Crippen LogP contribution in [0, 0.1) is 0 Å². The number of carboxylic acid groups (broad SMARTS) is 1. The summed E-state index contributed by atoms with van der Waals surface area (Å²) in [5, 5.41) is 8.71. The molecule has 0 fully saturated rings. The van der Waals surface area contributed by atoms with Crippen LogP contribution in [0.1, 0.15) is 23.2 Å². The minimum absolute atomic E-state index is 0.126. The van der Waals surface area contributed by atoms with E-state index < -0.39 is 18.8 Å². The first-order valence-electron chi connectivity index (χ1n) is 4.29. The summed E-state index contributed by atoms with van der Waals surface area (Å²) in [5.41, 5.74) is 5.28.